The maximum atomic E-state index is 14.1. The summed E-state index contributed by atoms with van der Waals surface area (Å²) in [6.45, 7) is 10.4. The third kappa shape index (κ3) is 4.55. The average Bonchev–Trinajstić information content (AvgIpc) is 3.29. The molecule has 3 aromatic rings. The van der Waals surface area contributed by atoms with Crippen LogP contribution in [0.25, 0.3) is 11.3 Å². The van der Waals surface area contributed by atoms with E-state index < -0.39 is 0 Å². The summed E-state index contributed by atoms with van der Waals surface area (Å²) in [7, 11) is 0. The molecule has 1 fully saturated rings. The summed E-state index contributed by atoms with van der Waals surface area (Å²) in [5, 5.41) is 3.58. The number of aryl methyl sites for hydroxylation is 2. The molecule has 36 heavy (non-hydrogen) atoms. The Balaban J connectivity index is 1.53. The van der Waals surface area contributed by atoms with Gasteiger partial charge in [-0.25, -0.2) is 4.98 Å². The predicted molar refractivity (Wildman–Crippen MR) is 148 cm³/mol. The summed E-state index contributed by atoms with van der Waals surface area (Å²) in [6, 6.07) is 14.3. The van der Waals surface area contributed by atoms with E-state index in [2.05, 4.69) is 36.2 Å². The molecule has 0 unspecified atom stereocenters. The third-order valence-corrected chi connectivity index (χ3v) is 8.42. The van der Waals surface area contributed by atoms with Crippen LogP contribution in [0, 0.1) is 13.8 Å². The van der Waals surface area contributed by atoms with Crippen LogP contribution in [0.5, 0.6) is 0 Å². The molecule has 6 heteroatoms. The van der Waals surface area contributed by atoms with E-state index in [1.54, 1.807) is 4.57 Å². The normalized spacial score (nSPS) is 15.4. The van der Waals surface area contributed by atoms with E-state index in [9.17, 15) is 9.59 Å². The minimum absolute atomic E-state index is 0.0247. The number of thioether (sulfide) groups is 1. The van der Waals surface area contributed by atoms with E-state index in [0.29, 0.717) is 11.7 Å². The molecule has 1 amide bonds. The highest BCUT2D eigenvalue weighted by Gasteiger charge is 2.44. The Kier molecular flexibility index (Phi) is 6.64. The summed E-state index contributed by atoms with van der Waals surface area (Å²) in [5.74, 6) is 0.0510. The molecule has 0 atom stereocenters. The first-order valence-corrected chi connectivity index (χ1v) is 13.6. The maximum absolute atomic E-state index is 14.1. The molecule has 1 heterocycles. The Labute approximate surface area is 217 Å². The van der Waals surface area contributed by atoms with Crippen LogP contribution in [-0.4, -0.2) is 21.2 Å². The van der Waals surface area contributed by atoms with Crippen molar-refractivity contribution in [3.05, 3.63) is 87.2 Å². The molecule has 2 aromatic carbocycles. The molecule has 0 saturated heterocycles. The molecule has 5 nitrogen and oxygen atoms in total. The van der Waals surface area contributed by atoms with Gasteiger partial charge in [-0.2, -0.15) is 0 Å². The first-order valence-electron chi connectivity index (χ1n) is 12.7. The molecular formula is C30H33N3O2S. The highest BCUT2D eigenvalue weighted by atomic mass is 32.2. The van der Waals surface area contributed by atoms with Crippen LogP contribution in [0.3, 0.4) is 0 Å². The zero-order valence-electron chi connectivity index (χ0n) is 21.3. The Bertz CT molecular complexity index is 1420. The number of amides is 1. The van der Waals surface area contributed by atoms with Crippen molar-refractivity contribution in [1.29, 1.82) is 0 Å². The molecule has 1 N–H and O–H groups in total. The van der Waals surface area contributed by atoms with Gasteiger partial charge in [-0.15, -0.1) is 0 Å². The van der Waals surface area contributed by atoms with Gasteiger partial charge in [0.05, 0.1) is 17.0 Å². The quantitative estimate of drug-likeness (QED) is 0.249. The van der Waals surface area contributed by atoms with Crippen molar-refractivity contribution >= 4 is 23.4 Å². The van der Waals surface area contributed by atoms with Gasteiger partial charge in [0, 0.05) is 23.2 Å². The molecule has 5 rings (SSSR count). The lowest BCUT2D eigenvalue weighted by molar-refractivity contribution is -0.113. The van der Waals surface area contributed by atoms with Crippen LogP contribution >= 0.6 is 11.8 Å². The number of rotatable bonds is 6. The van der Waals surface area contributed by atoms with Gasteiger partial charge in [0.2, 0.25) is 5.91 Å². The van der Waals surface area contributed by atoms with E-state index in [1.165, 1.54) is 17.3 Å². The molecular weight excluding hydrogens is 466 g/mol. The molecule has 2 aliphatic rings. The van der Waals surface area contributed by atoms with Gasteiger partial charge in [0.15, 0.2) is 5.16 Å². The molecule has 186 valence electrons. The van der Waals surface area contributed by atoms with Gasteiger partial charge in [0.1, 0.15) is 0 Å². The Morgan fingerprint density at radius 1 is 1.17 bits per heavy atom. The van der Waals surface area contributed by atoms with Crippen LogP contribution in [0.15, 0.2) is 64.6 Å². The van der Waals surface area contributed by atoms with Crippen LogP contribution in [0.4, 0.5) is 5.69 Å². The monoisotopic (exact) mass is 499 g/mol. The van der Waals surface area contributed by atoms with Crippen molar-refractivity contribution in [2.45, 2.75) is 70.0 Å². The fourth-order valence-corrected chi connectivity index (χ4v) is 6.63. The zero-order chi connectivity index (χ0) is 25.4. The summed E-state index contributed by atoms with van der Waals surface area (Å²) in [4.78, 5) is 32.1. The summed E-state index contributed by atoms with van der Waals surface area (Å²) in [5.41, 5.74) is 7.73. The molecule has 2 aliphatic carbocycles. The smallest absolute Gasteiger partial charge is 0.258 e. The largest absolute Gasteiger partial charge is 0.325 e. The minimum atomic E-state index is -0.145. The zero-order valence-corrected chi connectivity index (χ0v) is 22.1. The lowest BCUT2D eigenvalue weighted by Crippen LogP contribution is -2.40. The molecule has 1 spiro atoms. The second kappa shape index (κ2) is 9.74. The Morgan fingerprint density at radius 2 is 1.92 bits per heavy atom. The number of fused-ring (bicyclic) bond motifs is 4. The van der Waals surface area contributed by atoms with E-state index in [4.69, 9.17) is 4.98 Å². The van der Waals surface area contributed by atoms with Crippen LogP contribution in [-0.2, 0) is 23.2 Å². The summed E-state index contributed by atoms with van der Waals surface area (Å²) >= 11 is 1.32. The van der Waals surface area contributed by atoms with Crippen molar-refractivity contribution in [1.82, 2.24) is 9.55 Å². The third-order valence-electron chi connectivity index (χ3n) is 7.44. The predicted octanol–water partition coefficient (Wildman–Crippen LogP) is 6.20. The highest BCUT2D eigenvalue weighted by Crippen LogP contribution is 2.50. The van der Waals surface area contributed by atoms with E-state index in [-0.39, 0.29) is 22.6 Å². The van der Waals surface area contributed by atoms with Gasteiger partial charge in [-0.1, -0.05) is 78.7 Å². The topological polar surface area (TPSA) is 64.0 Å². The number of allylic oxidation sites excluding steroid dienone is 1. The fourth-order valence-electron chi connectivity index (χ4n) is 5.83. The minimum Gasteiger partial charge on any atom is -0.325 e. The Morgan fingerprint density at radius 3 is 2.64 bits per heavy atom. The summed E-state index contributed by atoms with van der Waals surface area (Å²) < 4.78 is 1.74. The van der Waals surface area contributed by atoms with Gasteiger partial charge < -0.3 is 5.32 Å². The van der Waals surface area contributed by atoms with Crippen molar-refractivity contribution in [3.63, 3.8) is 0 Å². The molecule has 0 aliphatic heterocycles. The number of nitrogens with zero attached hydrogens (tertiary/aromatic N) is 2. The van der Waals surface area contributed by atoms with Crippen molar-refractivity contribution < 1.29 is 4.79 Å². The lowest BCUT2D eigenvalue weighted by atomic mass is 9.68. The number of carbonyl (C=O) groups is 1. The van der Waals surface area contributed by atoms with Gasteiger partial charge in [-0.05, 0) is 57.2 Å². The first-order chi connectivity index (χ1) is 17.3. The SMILES string of the molecule is C=C(C)Cn1c(SCC(=O)Nc2ccc(C)cc2C)nc2c(c1=O)C1(CCCC1)Cc1ccccc1-2. The maximum Gasteiger partial charge on any atom is 0.258 e. The molecule has 1 aromatic heterocycles. The van der Waals surface area contributed by atoms with Crippen molar-refractivity contribution in [2.75, 3.05) is 11.1 Å². The van der Waals surface area contributed by atoms with Crippen molar-refractivity contribution in [2.24, 2.45) is 0 Å². The van der Waals surface area contributed by atoms with Gasteiger partial charge in [-0.3, -0.25) is 14.2 Å². The fraction of sp³-hybridized carbons (Fsp3) is 0.367. The van der Waals surface area contributed by atoms with Crippen LogP contribution in [0.1, 0.15) is 54.9 Å². The van der Waals surface area contributed by atoms with Gasteiger partial charge in [0.25, 0.3) is 5.56 Å². The number of hydrogen-bond acceptors (Lipinski definition) is 4. The van der Waals surface area contributed by atoms with Crippen LogP contribution < -0.4 is 10.9 Å². The Hall–Kier alpha value is -3.12. The standard InChI is InChI=1S/C30H33N3O2S/c1-19(2)17-33-28(35)26-27(23-10-6-5-9-22(23)16-30(26)13-7-8-14-30)32-29(33)36-18-25(34)31-24-12-11-20(3)15-21(24)4/h5-6,9-12,15H,1,7-8,13-14,16-18H2,2-4H3,(H,31,34). The number of nitrogens with one attached hydrogen (secondary N) is 1. The first kappa shape index (κ1) is 24.6. The molecule has 1 saturated carbocycles. The number of hydrogen-bond donors (Lipinski definition) is 1. The van der Waals surface area contributed by atoms with E-state index >= 15 is 0 Å². The van der Waals surface area contributed by atoms with Gasteiger partial charge >= 0.3 is 0 Å². The van der Waals surface area contributed by atoms with Crippen LogP contribution in [0.2, 0.25) is 0 Å². The number of benzene rings is 2. The molecule has 0 bridgehead atoms. The summed E-state index contributed by atoms with van der Waals surface area (Å²) in [6.07, 6.45) is 5.20. The average molecular weight is 500 g/mol. The number of anilines is 1. The lowest BCUT2D eigenvalue weighted by Gasteiger charge is -2.36. The second-order valence-corrected chi connectivity index (χ2v) is 11.4. The molecule has 0 radical (unpaired) electrons. The van der Waals surface area contributed by atoms with E-state index in [1.807, 2.05) is 39.0 Å². The van der Waals surface area contributed by atoms with Crippen molar-refractivity contribution in [3.8, 4) is 11.3 Å². The van der Waals surface area contributed by atoms with E-state index in [0.717, 1.165) is 71.3 Å². The number of aromatic nitrogens is 2. The second-order valence-electron chi connectivity index (χ2n) is 10.4. The number of carbonyl (C=O) groups excluding carboxylic acids is 1. The highest BCUT2D eigenvalue weighted by molar-refractivity contribution is 7.99.